The Morgan fingerprint density at radius 1 is 1.42 bits per heavy atom. The molecule has 0 bridgehead atoms. The zero-order chi connectivity index (χ0) is 8.81. The SMILES string of the molecule is CCOc1ccccc1CN=O. The van der Waals surface area contributed by atoms with E-state index < -0.39 is 0 Å². The lowest BCUT2D eigenvalue weighted by atomic mass is 10.2. The van der Waals surface area contributed by atoms with Crippen LogP contribution in [0.1, 0.15) is 12.5 Å². The minimum absolute atomic E-state index is 0.177. The molecule has 0 aliphatic rings. The fourth-order valence-corrected chi connectivity index (χ4v) is 1.00. The maximum Gasteiger partial charge on any atom is 0.124 e. The van der Waals surface area contributed by atoms with Crippen molar-refractivity contribution in [2.75, 3.05) is 6.61 Å². The van der Waals surface area contributed by atoms with Gasteiger partial charge in [0, 0.05) is 5.56 Å². The van der Waals surface area contributed by atoms with Gasteiger partial charge in [0.2, 0.25) is 0 Å². The number of rotatable bonds is 4. The summed E-state index contributed by atoms with van der Waals surface area (Å²) >= 11 is 0. The number of nitrogens with zero attached hydrogens (tertiary/aromatic N) is 1. The van der Waals surface area contributed by atoms with Crippen molar-refractivity contribution in [3.63, 3.8) is 0 Å². The molecule has 0 amide bonds. The van der Waals surface area contributed by atoms with Crippen LogP contribution in [0.2, 0.25) is 0 Å². The standard InChI is InChI=1S/C9H11NO2/c1-2-12-9-6-4-3-5-8(9)7-10-11/h3-6H,2,7H2,1H3. The summed E-state index contributed by atoms with van der Waals surface area (Å²) in [6, 6.07) is 7.42. The van der Waals surface area contributed by atoms with Crippen molar-refractivity contribution in [3.05, 3.63) is 34.7 Å². The minimum atomic E-state index is 0.177. The van der Waals surface area contributed by atoms with Crippen molar-refractivity contribution in [3.8, 4) is 5.75 Å². The van der Waals surface area contributed by atoms with E-state index in [0.717, 1.165) is 11.3 Å². The van der Waals surface area contributed by atoms with E-state index in [1.54, 1.807) is 0 Å². The molecule has 0 saturated heterocycles. The number of nitroso groups, excluding NO2 is 1. The Kier molecular flexibility index (Phi) is 3.26. The molecule has 12 heavy (non-hydrogen) atoms. The summed E-state index contributed by atoms with van der Waals surface area (Å²) in [7, 11) is 0. The first-order valence-corrected chi connectivity index (χ1v) is 3.88. The van der Waals surface area contributed by atoms with Crippen LogP contribution in [-0.4, -0.2) is 6.61 Å². The van der Waals surface area contributed by atoms with E-state index in [0.29, 0.717) is 6.61 Å². The fraction of sp³-hybridized carbons (Fsp3) is 0.333. The second kappa shape index (κ2) is 4.49. The third kappa shape index (κ3) is 2.05. The van der Waals surface area contributed by atoms with Crippen molar-refractivity contribution < 1.29 is 4.74 Å². The zero-order valence-corrected chi connectivity index (χ0v) is 6.99. The Bertz CT molecular complexity index is 260. The third-order valence-corrected chi connectivity index (χ3v) is 1.51. The number of ether oxygens (including phenoxy) is 1. The molecular weight excluding hydrogens is 154 g/mol. The van der Waals surface area contributed by atoms with Gasteiger partial charge in [0.05, 0.1) is 6.61 Å². The highest BCUT2D eigenvalue weighted by atomic mass is 16.5. The lowest BCUT2D eigenvalue weighted by Gasteiger charge is -2.05. The van der Waals surface area contributed by atoms with Crippen LogP contribution < -0.4 is 4.74 Å². The summed E-state index contributed by atoms with van der Waals surface area (Å²) in [6.45, 7) is 2.69. The summed E-state index contributed by atoms with van der Waals surface area (Å²) < 4.78 is 5.29. The lowest BCUT2D eigenvalue weighted by molar-refractivity contribution is 0.336. The van der Waals surface area contributed by atoms with Crippen LogP contribution in [0, 0.1) is 4.91 Å². The Morgan fingerprint density at radius 2 is 2.17 bits per heavy atom. The summed E-state index contributed by atoms with van der Waals surface area (Å²) in [4.78, 5) is 10.0. The van der Waals surface area contributed by atoms with Crippen LogP contribution in [0.5, 0.6) is 5.75 Å². The number of hydrogen-bond donors (Lipinski definition) is 0. The predicted octanol–water partition coefficient (Wildman–Crippen LogP) is 2.35. The van der Waals surface area contributed by atoms with Crippen LogP contribution >= 0.6 is 0 Å². The van der Waals surface area contributed by atoms with Gasteiger partial charge in [-0.1, -0.05) is 23.4 Å². The van der Waals surface area contributed by atoms with Gasteiger partial charge < -0.3 is 4.74 Å². The van der Waals surface area contributed by atoms with Gasteiger partial charge in [-0.3, -0.25) is 0 Å². The van der Waals surface area contributed by atoms with E-state index in [4.69, 9.17) is 4.74 Å². The molecule has 3 heteroatoms. The predicted molar refractivity (Wildman–Crippen MR) is 47.1 cm³/mol. The van der Waals surface area contributed by atoms with E-state index in [1.165, 1.54) is 0 Å². The van der Waals surface area contributed by atoms with Gasteiger partial charge >= 0.3 is 0 Å². The average molecular weight is 165 g/mol. The topological polar surface area (TPSA) is 38.7 Å². The molecule has 0 aliphatic heterocycles. The average Bonchev–Trinajstić information content (AvgIpc) is 2.09. The highest BCUT2D eigenvalue weighted by Crippen LogP contribution is 2.18. The van der Waals surface area contributed by atoms with Gasteiger partial charge in [-0.15, -0.1) is 0 Å². The monoisotopic (exact) mass is 165 g/mol. The Balaban J connectivity index is 2.83. The molecule has 1 aromatic carbocycles. The van der Waals surface area contributed by atoms with Crippen molar-refractivity contribution in [2.45, 2.75) is 13.5 Å². The number of para-hydroxylation sites is 1. The Morgan fingerprint density at radius 3 is 2.83 bits per heavy atom. The van der Waals surface area contributed by atoms with E-state index in [1.807, 2.05) is 31.2 Å². The summed E-state index contributed by atoms with van der Waals surface area (Å²) in [5.41, 5.74) is 0.842. The molecule has 0 aliphatic carbocycles. The summed E-state index contributed by atoms with van der Waals surface area (Å²) in [5.74, 6) is 0.750. The second-order valence-corrected chi connectivity index (χ2v) is 2.33. The van der Waals surface area contributed by atoms with Crippen molar-refractivity contribution in [1.82, 2.24) is 0 Å². The zero-order valence-electron chi connectivity index (χ0n) is 6.99. The van der Waals surface area contributed by atoms with Crippen molar-refractivity contribution in [2.24, 2.45) is 5.18 Å². The molecule has 0 saturated carbocycles. The molecule has 0 heterocycles. The van der Waals surface area contributed by atoms with E-state index in [2.05, 4.69) is 5.18 Å². The van der Waals surface area contributed by atoms with Gasteiger partial charge in [0.15, 0.2) is 0 Å². The van der Waals surface area contributed by atoms with Crippen LogP contribution in [-0.2, 0) is 6.54 Å². The van der Waals surface area contributed by atoms with Crippen LogP contribution in [0.3, 0.4) is 0 Å². The molecule has 0 unspecified atom stereocenters. The smallest absolute Gasteiger partial charge is 0.124 e. The Hall–Kier alpha value is -1.38. The first kappa shape index (κ1) is 8.71. The first-order valence-electron chi connectivity index (χ1n) is 3.88. The largest absolute Gasteiger partial charge is 0.494 e. The van der Waals surface area contributed by atoms with E-state index in [9.17, 15) is 4.91 Å². The molecule has 0 atom stereocenters. The van der Waals surface area contributed by atoms with Gasteiger partial charge in [-0.2, -0.15) is 4.91 Å². The summed E-state index contributed by atoms with van der Waals surface area (Å²) in [6.07, 6.45) is 0. The van der Waals surface area contributed by atoms with Crippen LogP contribution in [0.15, 0.2) is 29.4 Å². The first-order chi connectivity index (χ1) is 5.88. The normalized spacial score (nSPS) is 9.42. The van der Waals surface area contributed by atoms with Gasteiger partial charge in [0.25, 0.3) is 0 Å². The highest BCUT2D eigenvalue weighted by Gasteiger charge is 2.00. The minimum Gasteiger partial charge on any atom is -0.494 e. The molecule has 0 radical (unpaired) electrons. The van der Waals surface area contributed by atoms with Crippen LogP contribution in [0.25, 0.3) is 0 Å². The van der Waals surface area contributed by atoms with Crippen molar-refractivity contribution >= 4 is 0 Å². The second-order valence-electron chi connectivity index (χ2n) is 2.33. The van der Waals surface area contributed by atoms with Gasteiger partial charge in [0.1, 0.15) is 12.3 Å². The molecule has 0 fully saturated rings. The molecule has 3 nitrogen and oxygen atoms in total. The maximum absolute atomic E-state index is 10.0. The molecular formula is C9H11NO2. The molecule has 64 valence electrons. The number of hydrogen-bond acceptors (Lipinski definition) is 3. The molecule has 0 spiro atoms. The lowest BCUT2D eigenvalue weighted by Crippen LogP contribution is -1.95. The molecule has 0 aromatic heterocycles. The fourth-order valence-electron chi connectivity index (χ4n) is 1.00. The van der Waals surface area contributed by atoms with Gasteiger partial charge in [-0.05, 0) is 13.0 Å². The summed E-state index contributed by atoms with van der Waals surface area (Å²) in [5, 5.41) is 2.82. The third-order valence-electron chi connectivity index (χ3n) is 1.51. The van der Waals surface area contributed by atoms with Crippen molar-refractivity contribution in [1.29, 1.82) is 0 Å². The Labute approximate surface area is 71.3 Å². The highest BCUT2D eigenvalue weighted by molar-refractivity contribution is 5.33. The van der Waals surface area contributed by atoms with Crippen LogP contribution in [0.4, 0.5) is 0 Å². The molecule has 1 rings (SSSR count). The van der Waals surface area contributed by atoms with E-state index >= 15 is 0 Å². The van der Waals surface area contributed by atoms with Gasteiger partial charge in [-0.25, -0.2) is 0 Å². The van der Waals surface area contributed by atoms with E-state index in [-0.39, 0.29) is 6.54 Å². The maximum atomic E-state index is 10.0. The molecule has 1 aromatic rings. The number of benzene rings is 1. The molecule has 0 N–H and O–H groups in total. The quantitative estimate of drug-likeness (QED) is 0.642.